The summed E-state index contributed by atoms with van der Waals surface area (Å²) in [6.45, 7) is 10.8. The quantitative estimate of drug-likeness (QED) is 0.303. The van der Waals surface area contributed by atoms with Crippen molar-refractivity contribution in [2.75, 3.05) is 78.7 Å². The number of nitrogens with zero attached hydrogens (tertiary/aromatic N) is 1. The number of likely N-dealkylation sites (tertiary alicyclic amines) is 1. The van der Waals surface area contributed by atoms with Crippen LogP contribution in [0.5, 0.6) is 0 Å². The largest absolute Gasteiger partial charge is 0.395 e. The first-order valence-corrected chi connectivity index (χ1v) is 7.96. The van der Waals surface area contributed by atoms with E-state index in [4.69, 9.17) is 9.84 Å². The zero-order valence-corrected chi connectivity index (χ0v) is 12.7. The summed E-state index contributed by atoms with van der Waals surface area (Å²) in [5, 5.41) is 18.4. The zero-order valence-electron chi connectivity index (χ0n) is 12.7. The third-order valence-corrected chi connectivity index (χ3v) is 3.42. The van der Waals surface area contributed by atoms with Gasteiger partial charge in [0.25, 0.3) is 0 Å². The van der Waals surface area contributed by atoms with E-state index in [0.717, 1.165) is 52.5 Å². The topological polar surface area (TPSA) is 68.8 Å². The predicted molar refractivity (Wildman–Crippen MR) is 82.2 cm³/mol. The van der Waals surface area contributed by atoms with Gasteiger partial charge in [0.05, 0.1) is 19.8 Å². The first kappa shape index (κ1) is 17.8. The Morgan fingerprint density at radius 2 is 1.40 bits per heavy atom. The highest BCUT2D eigenvalue weighted by molar-refractivity contribution is 4.65. The molecule has 6 heteroatoms. The highest BCUT2D eigenvalue weighted by Gasteiger charge is 2.09. The lowest BCUT2D eigenvalue weighted by molar-refractivity contribution is 0.113. The van der Waals surface area contributed by atoms with Gasteiger partial charge in [-0.15, -0.1) is 0 Å². The van der Waals surface area contributed by atoms with Crippen LogP contribution in [-0.2, 0) is 4.74 Å². The number of aliphatic hydroxyl groups excluding tert-OH is 1. The molecular formula is C14H32N4O2. The minimum Gasteiger partial charge on any atom is -0.395 e. The summed E-state index contributed by atoms with van der Waals surface area (Å²) >= 11 is 0. The molecule has 4 N–H and O–H groups in total. The number of ether oxygens (including phenoxy) is 1. The number of nitrogens with one attached hydrogen (secondary N) is 3. The Bertz CT molecular complexity index is 202. The fraction of sp³-hybridized carbons (Fsp3) is 1.00. The second-order valence-electron chi connectivity index (χ2n) is 5.13. The van der Waals surface area contributed by atoms with Crippen molar-refractivity contribution in [3.05, 3.63) is 0 Å². The maximum Gasteiger partial charge on any atom is 0.0594 e. The van der Waals surface area contributed by atoms with Gasteiger partial charge in [-0.25, -0.2) is 0 Å². The van der Waals surface area contributed by atoms with Crippen LogP contribution in [0.2, 0.25) is 0 Å². The highest BCUT2D eigenvalue weighted by Crippen LogP contribution is 2.05. The third kappa shape index (κ3) is 10.5. The predicted octanol–water partition coefficient (Wildman–Crippen LogP) is -1.14. The summed E-state index contributed by atoms with van der Waals surface area (Å²) in [4.78, 5) is 2.47. The van der Waals surface area contributed by atoms with Gasteiger partial charge in [-0.2, -0.15) is 0 Å². The molecule has 0 atom stereocenters. The molecule has 1 aliphatic heterocycles. The van der Waals surface area contributed by atoms with Gasteiger partial charge in [-0.3, -0.25) is 0 Å². The van der Waals surface area contributed by atoms with Crippen molar-refractivity contribution in [2.45, 2.75) is 12.8 Å². The van der Waals surface area contributed by atoms with E-state index in [2.05, 4.69) is 20.9 Å². The van der Waals surface area contributed by atoms with E-state index in [9.17, 15) is 0 Å². The summed E-state index contributed by atoms with van der Waals surface area (Å²) in [6, 6.07) is 0. The van der Waals surface area contributed by atoms with Crippen LogP contribution in [0.15, 0.2) is 0 Å². The normalized spacial score (nSPS) is 16.1. The van der Waals surface area contributed by atoms with Crippen LogP contribution >= 0.6 is 0 Å². The number of aliphatic hydroxyl groups is 1. The lowest BCUT2D eigenvalue weighted by atomic mass is 10.4. The van der Waals surface area contributed by atoms with E-state index in [0.29, 0.717) is 6.54 Å². The molecule has 0 aliphatic carbocycles. The Labute approximate surface area is 123 Å². The molecule has 1 saturated heterocycles. The average molecular weight is 288 g/mol. The van der Waals surface area contributed by atoms with E-state index in [1.54, 1.807) is 0 Å². The van der Waals surface area contributed by atoms with Gasteiger partial charge in [0.1, 0.15) is 0 Å². The van der Waals surface area contributed by atoms with Crippen molar-refractivity contribution >= 4 is 0 Å². The average Bonchev–Trinajstić information content (AvgIpc) is 2.97. The molecule has 0 radical (unpaired) electrons. The summed E-state index contributed by atoms with van der Waals surface area (Å²) < 4.78 is 5.61. The first-order valence-electron chi connectivity index (χ1n) is 7.96. The lowest BCUT2D eigenvalue weighted by Gasteiger charge is -2.14. The smallest absolute Gasteiger partial charge is 0.0594 e. The molecule has 20 heavy (non-hydrogen) atoms. The Hall–Kier alpha value is -0.240. The number of hydrogen-bond acceptors (Lipinski definition) is 6. The lowest BCUT2D eigenvalue weighted by Crippen LogP contribution is -2.34. The van der Waals surface area contributed by atoms with E-state index in [-0.39, 0.29) is 6.61 Å². The minimum absolute atomic E-state index is 0.208. The maximum absolute atomic E-state index is 8.58. The standard InChI is InChI=1S/C14H32N4O2/c19-12-7-16-5-3-15-4-6-17-8-13-20-14-11-18-9-1-2-10-18/h15-17,19H,1-14H2. The summed E-state index contributed by atoms with van der Waals surface area (Å²) in [5.74, 6) is 0. The van der Waals surface area contributed by atoms with Crippen molar-refractivity contribution in [2.24, 2.45) is 0 Å². The summed E-state index contributed by atoms with van der Waals surface area (Å²) in [5.41, 5.74) is 0. The van der Waals surface area contributed by atoms with Gasteiger partial charge in [0.15, 0.2) is 0 Å². The molecule has 0 saturated carbocycles. The Balaban J connectivity index is 1.66. The van der Waals surface area contributed by atoms with E-state index >= 15 is 0 Å². The van der Waals surface area contributed by atoms with Crippen LogP contribution in [0.4, 0.5) is 0 Å². The molecule has 1 heterocycles. The minimum atomic E-state index is 0.208. The summed E-state index contributed by atoms with van der Waals surface area (Å²) in [7, 11) is 0. The SMILES string of the molecule is OCCNCCNCCNCCOCCN1CCCC1. The molecule has 0 aromatic carbocycles. The van der Waals surface area contributed by atoms with Crippen LogP contribution in [0.3, 0.4) is 0 Å². The molecule has 0 unspecified atom stereocenters. The molecular weight excluding hydrogens is 256 g/mol. The van der Waals surface area contributed by atoms with E-state index in [1.807, 2.05) is 0 Å². The molecule has 0 aromatic rings. The molecule has 0 bridgehead atoms. The van der Waals surface area contributed by atoms with Crippen LogP contribution < -0.4 is 16.0 Å². The molecule has 6 nitrogen and oxygen atoms in total. The molecule has 0 aromatic heterocycles. The Kier molecular flexibility index (Phi) is 12.2. The Morgan fingerprint density at radius 1 is 0.800 bits per heavy atom. The van der Waals surface area contributed by atoms with Crippen LogP contribution in [0.1, 0.15) is 12.8 Å². The third-order valence-electron chi connectivity index (χ3n) is 3.42. The Morgan fingerprint density at radius 3 is 2.05 bits per heavy atom. The highest BCUT2D eigenvalue weighted by atomic mass is 16.5. The van der Waals surface area contributed by atoms with Crippen LogP contribution in [0.25, 0.3) is 0 Å². The first-order chi connectivity index (χ1) is 9.93. The van der Waals surface area contributed by atoms with Crippen molar-refractivity contribution < 1.29 is 9.84 Å². The van der Waals surface area contributed by atoms with Gasteiger partial charge in [0.2, 0.25) is 0 Å². The fourth-order valence-electron chi connectivity index (χ4n) is 2.25. The molecule has 0 amide bonds. The van der Waals surface area contributed by atoms with Gasteiger partial charge in [-0.05, 0) is 25.9 Å². The van der Waals surface area contributed by atoms with Crippen molar-refractivity contribution in [1.82, 2.24) is 20.9 Å². The second kappa shape index (κ2) is 13.7. The maximum atomic E-state index is 8.58. The molecule has 0 spiro atoms. The van der Waals surface area contributed by atoms with Gasteiger partial charge < -0.3 is 30.7 Å². The van der Waals surface area contributed by atoms with Crippen LogP contribution in [0, 0.1) is 0 Å². The van der Waals surface area contributed by atoms with Crippen LogP contribution in [-0.4, -0.2) is 88.7 Å². The van der Waals surface area contributed by atoms with Gasteiger partial charge in [-0.1, -0.05) is 0 Å². The van der Waals surface area contributed by atoms with E-state index < -0.39 is 0 Å². The van der Waals surface area contributed by atoms with Gasteiger partial charge >= 0.3 is 0 Å². The summed E-state index contributed by atoms with van der Waals surface area (Å²) in [6.07, 6.45) is 2.70. The molecule has 1 rings (SSSR count). The van der Waals surface area contributed by atoms with E-state index in [1.165, 1.54) is 25.9 Å². The van der Waals surface area contributed by atoms with Crippen molar-refractivity contribution in [1.29, 1.82) is 0 Å². The second-order valence-corrected chi connectivity index (χ2v) is 5.13. The fourth-order valence-corrected chi connectivity index (χ4v) is 2.25. The zero-order chi connectivity index (χ0) is 14.3. The van der Waals surface area contributed by atoms with Crippen molar-refractivity contribution in [3.8, 4) is 0 Å². The molecule has 120 valence electrons. The monoisotopic (exact) mass is 288 g/mol. The van der Waals surface area contributed by atoms with Crippen molar-refractivity contribution in [3.63, 3.8) is 0 Å². The molecule has 1 aliphatic rings. The molecule has 1 fully saturated rings. The number of hydrogen-bond donors (Lipinski definition) is 4. The van der Waals surface area contributed by atoms with Gasteiger partial charge in [0, 0.05) is 45.8 Å². The number of rotatable bonds is 14.